The first-order valence-electron chi connectivity index (χ1n) is 7.86. The second kappa shape index (κ2) is 8.59. The van der Waals surface area contributed by atoms with E-state index in [1.54, 1.807) is 11.9 Å². The number of rotatable bonds is 7. The Bertz CT molecular complexity index is 757. The average Bonchev–Trinajstić information content (AvgIpc) is 2.93. The summed E-state index contributed by atoms with van der Waals surface area (Å²) in [6.45, 7) is 2.50. The normalized spacial score (nSPS) is 10.6. The lowest BCUT2D eigenvalue weighted by atomic mass is 10.2. The number of carbonyl (C=O) groups is 2. The summed E-state index contributed by atoms with van der Waals surface area (Å²) >= 11 is 1.27. The molecule has 0 aliphatic carbocycles. The van der Waals surface area contributed by atoms with Crippen LogP contribution >= 0.6 is 11.5 Å². The van der Waals surface area contributed by atoms with Gasteiger partial charge in [-0.05, 0) is 50.2 Å². The van der Waals surface area contributed by atoms with E-state index in [1.807, 2.05) is 45.3 Å². The second-order valence-corrected chi connectivity index (χ2v) is 6.66. The zero-order valence-electron chi connectivity index (χ0n) is 14.8. The predicted molar refractivity (Wildman–Crippen MR) is 101 cm³/mol. The van der Waals surface area contributed by atoms with Gasteiger partial charge in [0.1, 0.15) is 5.00 Å². The van der Waals surface area contributed by atoms with Crippen molar-refractivity contribution in [2.45, 2.75) is 13.5 Å². The maximum atomic E-state index is 12.4. The monoisotopic (exact) mass is 361 g/mol. The van der Waals surface area contributed by atoms with Crippen molar-refractivity contribution in [3.63, 3.8) is 0 Å². The maximum absolute atomic E-state index is 12.4. The number of carbonyl (C=O) groups excluding carboxylic acids is 2. The molecule has 1 aromatic carbocycles. The van der Waals surface area contributed by atoms with Gasteiger partial charge in [-0.3, -0.25) is 9.59 Å². The van der Waals surface area contributed by atoms with Crippen LogP contribution in [0, 0.1) is 6.92 Å². The van der Waals surface area contributed by atoms with E-state index in [2.05, 4.69) is 20.3 Å². The summed E-state index contributed by atoms with van der Waals surface area (Å²) in [5, 5.41) is 9.48. The van der Waals surface area contributed by atoms with Crippen molar-refractivity contribution in [3.8, 4) is 0 Å². The first-order chi connectivity index (χ1) is 11.9. The highest BCUT2D eigenvalue weighted by atomic mass is 32.1. The molecule has 2 aromatic rings. The fraction of sp³-hybridized carbons (Fsp3) is 0.353. The number of hydrogen-bond acceptors (Lipinski definition) is 6. The molecule has 0 aliphatic heterocycles. The number of likely N-dealkylation sites (N-methyl/N-ethyl adjacent to an activating group) is 1. The number of aryl methyl sites for hydroxylation is 1. The lowest BCUT2D eigenvalue weighted by Crippen LogP contribution is -2.27. The molecule has 134 valence electrons. The summed E-state index contributed by atoms with van der Waals surface area (Å²) < 4.78 is 4.20. The minimum absolute atomic E-state index is 0.0789. The van der Waals surface area contributed by atoms with Crippen LogP contribution < -0.4 is 16.0 Å². The molecule has 0 atom stereocenters. The van der Waals surface area contributed by atoms with Gasteiger partial charge in [0, 0.05) is 19.3 Å². The Morgan fingerprint density at radius 3 is 2.72 bits per heavy atom. The van der Waals surface area contributed by atoms with Crippen LogP contribution in [0.3, 0.4) is 0 Å². The van der Waals surface area contributed by atoms with E-state index in [-0.39, 0.29) is 11.8 Å². The number of nitrogens with one attached hydrogen (secondary N) is 3. The molecule has 25 heavy (non-hydrogen) atoms. The molecule has 8 heteroatoms. The van der Waals surface area contributed by atoms with E-state index in [0.717, 1.165) is 10.6 Å². The van der Waals surface area contributed by atoms with Gasteiger partial charge in [0.05, 0.1) is 17.8 Å². The third kappa shape index (κ3) is 5.27. The molecule has 0 bridgehead atoms. The molecular formula is C17H23N5O2S. The smallest absolute Gasteiger partial charge is 0.256 e. The molecule has 0 aliphatic rings. The van der Waals surface area contributed by atoms with Gasteiger partial charge in [0.15, 0.2) is 0 Å². The predicted octanol–water partition coefficient (Wildman–Crippen LogP) is 1.92. The van der Waals surface area contributed by atoms with Gasteiger partial charge in [-0.1, -0.05) is 12.1 Å². The topological polar surface area (TPSA) is 86.4 Å². The minimum Gasteiger partial charge on any atom is -0.378 e. The van der Waals surface area contributed by atoms with Crippen molar-refractivity contribution < 1.29 is 9.59 Å². The average molecular weight is 361 g/mol. The van der Waals surface area contributed by atoms with E-state index < -0.39 is 0 Å². The third-order valence-corrected chi connectivity index (χ3v) is 4.40. The second-order valence-electron chi connectivity index (χ2n) is 5.89. The highest BCUT2D eigenvalue weighted by molar-refractivity contribution is 7.10. The molecule has 3 N–H and O–H groups in total. The molecule has 0 radical (unpaired) electrons. The van der Waals surface area contributed by atoms with E-state index in [1.165, 1.54) is 11.5 Å². The quantitative estimate of drug-likeness (QED) is 0.701. The van der Waals surface area contributed by atoms with E-state index >= 15 is 0 Å². The van der Waals surface area contributed by atoms with Crippen molar-refractivity contribution in [1.29, 1.82) is 0 Å². The Morgan fingerprint density at radius 1 is 1.28 bits per heavy atom. The van der Waals surface area contributed by atoms with E-state index in [0.29, 0.717) is 30.0 Å². The molecule has 7 nitrogen and oxygen atoms in total. The number of benzene rings is 1. The summed E-state index contributed by atoms with van der Waals surface area (Å²) in [6, 6.07) is 7.43. The largest absolute Gasteiger partial charge is 0.378 e. The van der Waals surface area contributed by atoms with Crippen LogP contribution in [0.1, 0.15) is 21.6 Å². The molecule has 0 saturated heterocycles. The van der Waals surface area contributed by atoms with Crippen LogP contribution in [0.25, 0.3) is 0 Å². The number of nitrogens with zero attached hydrogens (tertiary/aromatic N) is 2. The van der Waals surface area contributed by atoms with Crippen molar-refractivity contribution in [2.75, 3.05) is 38.3 Å². The van der Waals surface area contributed by atoms with Gasteiger partial charge in [-0.25, -0.2) is 0 Å². The van der Waals surface area contributed by atoms with Gasteiger partial charge in [0.2, 0.25) is 5.91 Å². The van der Waals surface area contributed by atoms with E-state index in [4.69, 9.17) is 0 Å². The van der Waals surface area contributed by atoms with Crippen LogP contribution in [0.15, 0.2) is 24.3 Å². The Morgan fingerprint density at radius 2 is 2.04 bits per heavy atom. The maximum Gasteiger partial charge on any atom is 0.256 e. The van der Waals surface area contributed by atoms with Crippen molar-refractivity contribution in [3.05, 3.63) is 41.1 Å². The Balaban J connectivity index is 1.99. The number of anilines is 2. The molecule has 0 spiro atoms. The number of amides is 2. The fourth-order valence-corrected chi connectivity index (χ4v) is 3.07. The summed E-state index contributed by atoms with van der Waals surface area (Å²) in [5.74, 6) is -0.248. The molecule has 2 rings (SSSR count). The molecule has 2 amide bonds. The Kier molecular flexibility index (Phi) is 6.49. The van der Waals surface area contributed by atoms with Crippen molar-refractivity contribution in [2.24, 2.45) is 0 Å². The fourth-order valence-electron chi connectivity index (χ4n) is 2.33. The molecule has 0 unspecified atom stereocenters. The first-order valence-corrected chi connectivity index (χ1v) is 8.63. The van der Waals surface area contributed by atoms with Crippen molar-refractivity contribution >= 4 is 34.0 Å². The summed E-state index contributed by atoms with van der Waals surface area (Å²) in [7, 11) is 5.45. The Hall–Kier alpha value is -2.45. The SMILES string of the molecule is CNc1snc(C)c1C(=O)NCc1cccc(NC(=O)CN(C)C)c1. The standard InChI is InChI=1S/C17H23N5O2S/c1-11-15(17(18-2)25-21-11)16(24)19-9-12-6-5-7-13(8-12)20-14(23)10-22(3)4/h5-8,18H,9-10H2,1-4H3,(H,19,24)(H,20,23). The highest BCUT2D eigenvalue weighted by Gasteiger charge is 2.17. The van der Waals surface area contributed by atoms with Crippen LogP contribution in [0.2, 0.25) is 0 Å². The molecule has 0 saturated carbocycles. The van der Waals surface area contributed by atoms with Gasteiger partial charge >= 0.3 is 0 Å². The van der Waals surface area contributed by atoms with Crippen molar-refractivity contribution in [1.82, 2.24) is 14.6 Å². The van der Waals surface area contributed by atoms with Crippen LogP contribution in [-0.2, 0) is 11.3 Å². The number of hydrogen-bond donors (Lipinski definition) is 3. The summed E-state index contributed by atoms with van der Waals surface area (Å²) in [5.41, 5.74) is 2.89. The zero-order chi connectivity index (χ0) is 18.4. The number of aromatic nitrogens is 1. The zero-order valence-corrected chi connectivity index (χ0v) is 15.7. The minimum atomic E-state index is -0.169. The van der Waals surface area contributed by atoms with Crippen LogP contribution in [0.4, 0.5) is 10.7 Å². The molecule has 1 heterocycles. The molecule has 1 aromatic heterocycles. The molecular weight excluding hydrogens is 338 g/mol. The summed E-state index contributed by atoms with van der Waals surface area (Å²) in [6.07, 6.45) is 0. The highest BCUT2D eigenvalue weighted by Crippen LogP contribution is 2.23. The van der Waals surface area contributed by atoms with Gasteiger partial charge in [-0.2, -0.15) is 4.37 Å². The van der Waals surface area contributed by atoms with Gasteiger partial charge < -0.3 is 20.9 Å². The molecule has 0 fully saturated rings. The van der Waals surface area contributed by atoms with Crippen LogP contribution in [-0.4, -0.2) is 48.8 Å². The lowest BCUT2D eigenvalue weighted by Gasteiger charge is -2.11. The van der Waals surface area contributed by atoms with Gasteiger partial charge in [-0.15, -0.1) is 0 Å². The third-order valence-electron chi connectivity index (χ3n) is 3.44. The van der Waals surface area contributed by atoms with E-state index in [9.17, 15) is 9.59 Å². The van der Waals surface area contributed by atoms with Crippen LogP contribution in [0.5, 0.6) is 0 Å². The Labute approximate surface area is 151 Å². The first kappa shape index (κ1) is 18.9. The summed E-state index contributed by atoms with van der Waals surface area (Å²) in [4.78, 5) is 26.0. The van der Waals surface area contributed by atoms with Gasteiger partial charge in [0.25, 0.3) is 5.91 Å². The lowest BCUT2D eigenvalue weighted by molar-refractivity contribution is -0.116.